The molecule has 2 aromatic rings. The highest BCUT2D eigenvalue weighted by molar-refractivity contribution is 7.98. The maximum absolute atomic E-state index is 14.4. The molecule has 0 saturated carbocycles. The van der Waals surface area contributed by atoms with Gasteiger partial charge in [-0.05, 0) is 37.5 Å². The van der Waals surface area contributed by atoms with Crippen molar-refractivity contribution in [3.8, 4) is 11.6 Å². The molecule has 0 amide bonds. The van der Waals surface area contributed by atoms with Crippen LogP contribution >= 0.6 is 11.8 Å². The van der Waals surface area contributed by atoms with Crippen LogP contribution < -0.4 is 0 Å². The number of thioether (sulfide) groups is 1. The topological polar surface area (TPSA) is 64.0 Å². The quantitative estimate of drug-likeness (QED) is 0.595. The summed E-state index contributed by atoms with van der Waals surface area (Å²) in [5.41, 5.74) is 2.52. The lowest BCUT2D eigenvalue weighted by Crippen LogP contribution is -2.36. The number of rotatable bonds is 7. The molecule has 0 radical (unpaired) electrons. The van der Waals surface area contributed by atoms with Crippen molar-refractivity contribution < 1.29 is 13.5 Å². The summed E-state index contributed by atoms with van der Waals surface area (Å²) in [5, 5.41) is 0. The van der Waals surface area contributed by atoms with Gasteiger partial charge < -0.3 is 9.64 Å². The second-order valence-corrected chi connectivity index (χ2v) is 8.45. The van der Waals surface area contributed by atoms with Crippen LogP contribution in [0.5, 0.6) is 0 Å². The van der Waals surface area contributed by atoms with Crippen LogP contribution in [0.25, 0.3) is 11.6 Å². The second kappa shape index (κ2) is 9.72. The number of alkyl halides is 2. The van der Waals surface area contributed by atoms with Crippen molar-refractivity contribution in [3.63, 3.8) is 0 Å². The van der Waals surface area contributed by atoms with E-state index in [0.29, 0.717) is 36.9 Å². The molecule has 6 nitrogen and oxygen atoms in total. The lowest BCUT2D eigenvalue weighted by Gasteiger charge is -2.38. The van der Waals surface area contributed by atoms with Crippen LogP contribution in [0.1, 0.15) is 30.6 Å². The number of ether oxygens (including phenoxy) is 1. The number of hydrogen-bond acceptors (Lipinski definition) is 7. The van der Waals surface area contributed by atoms with Gasteiger partial charge in [0.2, 0.25) is 0 Å². The zero-order chi connectivity index (χ0) is 21.8. The molecular weight excluding hydrogens is 420 g/mol. The van der Waals surface area contributed by atoms with E-state index in [0.717, 1.165) is 23.4 Å². The van der Waals surface area contributed by atoms with Crippen molar-refractivity contribution in [1.29, 1.82) is 0 Å². The third-order valence-corrected chi connectivity index (χ3v) is 6.13. The summed E-state index contributed by atoms with van der Waals surface area (Å²) in [6.07, 6.45) is 8.04. The summed E-state index contributed by atoms with van der Waals surface area (Å²) in [4.78, 5) is 19.6. The fourth-order valence-corrected chi connectivity index (χ4v) is 4.22. The summed E-state index contributed by atoms with van der Waals surface area (Å²) < 4.78 is 34.4. The summed E-state index contributed by atoms with van der Waals surface area (Å²) in [6, 6.07) is 1.66. The first-order valence-corrected chi connectivity index (χ1v) is 11.7. The Morgan fingerprint density at radius 1 is 1.19 bits per heavy atom. The summed E-state index contributed by atoms with van der Waals surface area (Å²) in [5.74, 6) is 1.96. The van der Waals surface area contributed by atoms with Gasteiger partial charge in [-0.25, -0.2) is 28.7 Å². The first kappa shape index (κ1) is 21.7. The average molecular weight is 446 g/mol. The van der Waals surface area contributed by atoms with E-state index >= 15 is 0 Å². The molecule has 0 N–H and O–H groups in total. The molecule has 3 atom stereocenters. The third-order valence-electron chi connectivity index (χ3n) is 5.44. The maximum Gasteiger partial charge on any atom is 0.197 e. The molecule has 31 heavy (non-hydrogen) atoms. The summed E-state index contributed by atoms with van der Waals surface area (Å²) in [6.45, 7) is 3.03. The zero-order valence-corrected chi connectivity index (χ0v) is 18.4. The third kappa shape index (κ3) is 4.71. The van der Waals surface area contributed by atoms with Crippen LogP contribution in [-0.2, 0) is 11.2 Å². The standard InChI is InChI=1S/C22H25F2N5OS/c1-14-16-13-27-22(21-25-6-3-7-26-21)28-18(16)5-8-29(14)15-11-17(23)20(24)19(12-15)30-9-4-10-31-2/h3,6-7,11-14,17,20H,4-5,8-10H2,1-2H3. The van der Waals surface area contributed by atoms with E-state index in [4.69, 9.17) is 4.74 Å². The van der Waals surface area contributed by atoms with Gasteiger partial charge in [0.05, 0.1) is 18.3 Å². The largest absolute Gasteiger partial charge is 0.495 e. The maximum atomic E-state index is 14.4. The Hall–Kier alpha value is -2.55. The Bertz CT molecular complexity index is 972. The van der Waals surface area contributed by atoms with E-state index in [1.807, 2.05) is 18.1 Å². The van der Waals surface area contributed by atoms with Crippen molar-refractivity contribution in [1.82, 2.24) is 24.8 Å². The van der Waals surface area contributed by atoms with Crippen LogP contribution in [0.4, 0.5) is 8.78 Å². The minimum absolute atomic E-state index is 0.0666. The van der Waals surface area contributed by atoms with Crippen LogP contribution in [0, 0.1) is 0 Å². The van der Waals surface area contributed by atoms with E-state index in [-0.39, 0.29) is 11.8 Å². The smallest absolute Gasteiger partial charge is 0.197 e. The number of hydrogen-bond donors (Lipinski definition) is 0. The first-order valence-electron chi connectivity index (χ1n) is 10.3. The Morgan fingerprint density at radius 2 is 2.00 bits per heavy atom. The van der Waals surface area contributed by atoms with Crippen LogP contribution in [0.2, 0.25) is 0 Å². The van der Waals surface area contributed by atoms with Crippen LogP contribution in [0.15, 0.2) is 48.3 Å². The average Bonchev–Trinajstić information content (AvgIpc) is 2.80. The molecule has 2 aliphatic rings. The molecule has 0 spiro atoms. The monoisotopic (exact) mass is 445 g/mol. The second-order valence-electron chi connectivity index (χ2n) is 7.47. The number of allylic oxidation sites excluding steroid dienone is 3. The fraction of sp³-hybridized carbons (Fsp3) is 0.455. The van der Waals surface area contributed by atoms with Crippen molar-refractivity contribution in [2.24, 2.45) is 0 Å². The van der Waals surface area contributed by atoms with Crippen molar-refractivity contribution in [3.05, 3.63) is 59.5 Å². The van der Waals surface area contributed by atoms with Gasteiger partial charge in [-0.2, -0.15) is 11.8 Å². The molecular formula is C22H25F2N5OS. The van der Waals surface area contributed by atoms with Gasteiger partial charge in [0.1, 0.15) is 5.76 Å². The highest BCUT2D eigenvalue weighted by Crippen LogP contribution is 2.35. The van der Waals surface area contributed by atoms with Gasteiger partial charge in [0.25, 0.3) is 0 Å². The normalized spacial score (nSPS) is 23.1. The Kier molecular flexibility index (Phi) is 6.80. The van der Waals surface area contributed by atoms with E-state index in [2.05, 4.69) is 19.9 Å². The minimum Gasteiger partial charge on any atom is -0.495 e. The molecule has 0 fully saturated rings. The van der Waals surface area contributed by atoms with E-state index in [1.54, 1.807) is 42.5 Å². The van der Waals surface area contributed by atoms with Crippen molar-refractivity contribution in [2.75, 3.05) is 25.2 Å². The van der Waals surface area contributed by atoms with Gasteiger partial charge in [-0.1, -0.05) is 0 Å². The summed E-state index contributed by atoms with van der Waals surface area (Å²) >= 11 is 1.70. The molecule has 4 rings (SSSR count). The molecule has 1 aliphatic heterocycles. The van der Waals surface area contributed by atoms with E-state index in [1.165, 1.54) is 6.08 Å². The fourth-order valence-electron chi connectivity index (χ4n) is 3.81. The highest BCUT2D eigenvalue weighted by atomic mass is 32.2. The lowest BCUT2D eigenvalue weighted by molar-refractivity contribution is 0.113. The van der Waals surface area contributed by atoms with Crippen molar-refractivity contribution >= 4 is 11.8 Å². The highest BCUT2D eigenvalue weighted by Gasteiger charge is 2.33. The minimum atomic E-state index is -1.76. The van der Waals surface area contributed by atoms with E-state index in [9.17, 15) is 8.78 Å². The molecule has 0 aromatic carbocycles. The molecule has 1 aliphatic carbocycles. The predicted molar refractivity (Wildman–Crippen MR) is 117 cm³/mol. The lowest BCUT2D eigenvalue weighted by atomic mass is 9.96. The molecule has 3 unspecified atom stereocenters. The SMILES string of the molecule is CSCCCOC1=CC(N2CCc3nc(-c4ncccn4)ncc3C2C)=CC(F)C1F. The Balaban J connectivity index is 1.53. The Labute approximate surface area is 184 Å². The Morgan fingerprint density at radius 3 is 2.77 bits per heavy atom. The van der Waals surface area contributed by atoms with Gasteiger partial charge >= 0.3 is 0 Å². The molecule has 3 heterocycles. The molecule has 0 bridgehead atoms. The molecule has 164 valence electrons. The molecule has 0 saturated heterocycles. The van der Waals surface area contributed by atoms with Gasteiger partial charge in [-0.3, -0.25) is 0 Å². The number of halogens is 2. The van der Waals surface area contributed by atoms with Gasteiger partial charge in [-0.15, -0.1) is 0 Å². The van der Waals surface area contributed by atoms with Gasteiger partial charge in [0.15, 0.2) is 24.0 Å². The number of fused-ring (bicyclic) bond motifs is 1. The van der Waals surface area contributed by atoms with Crippen LogP contribution in [0.3, 0.4) is 0 Å². The molecule has 2 aromatic heterocycles. The summed E-state index contributed by atoms with van der Waals surface area (Å²) in [7, 11) is 0. The molecule has 9 heteroatoms. The van der Waals surface area contributed by atoms with E-state index < -0.39 is 12.3 Å². The number of aromatic nitrogens is 4. The predicted octanol–water partition coefficient (Wildman–Crippen LogP) is 4.08. The van der Waals surface area contributed by atoms with Crippen LogP contribution in [-0.4, -0.2) is 62.3 Å². The first-order chi connectivity index (χ1) is 15.1. The van der Waals surface area contributed by atoms with Gasteiger partial charge in [0, 0.05) is 48.9 Å². The van der Waals surface area contributed by atoms with Crippen molar-refractivity contribution in [2.45, 2.75) is 38.2 Å². The zero-order valence-electron chi connectivity index (χ0n) is 17.5. The number of nitrogens with zero attached hydrogens (tertiary/aromatic N) is 5.